The average molecular weight is 479 g/mol. The molecule has 3 rings (SSSR count). The molecule has 1 amide bonds. The third kappa shape index (κ3) is 5.29. The van der Waals surface area contributed by atoms with Crippen LogP contribution in [0, 0.1) is 6.92 Å². The predicted octanol–water partition coefficient (Wildman–Crippen LogP) is 6.20. The Morgan fingerprint density at radius 1 is 1.00 bits per heavy atom. The maximum Gasteiger partial charge on any atom is 0.260 e. The standard InChI is InChI=1S/C19H18Cl3N3OS.ClH/c1-11-6-13(20)10-16-17(11)23-19(27-16)25(5-4-24(2)3)18(26)12-7-14(21)9-15(22)8-12;/h6-10H,4-5H2,1-3H3;1H. The van der Waals surface area contributed by atoms with Crippen molar-refractivity contribution in [1.29, 1.82) is 0 Å². The molecule has 0 saturated carbocycles. The van der Waals surface area contributed by atoms with Crippen LogP contribution < -0.4 is 4.90 Å². The summed E-state index contributed by atoms with van der Waals surface area (Å²) in [5, 5.41) is 2.12. The van der Waals surface area contributed by atoms with Crippen LogP contribution in [0.5, 0.6) is 0 Å². The number of hydrogen-bond donors (Lipinski definition) is 0. The molecule has 0 radical (unpaired) electrons. The number of benzene rings is 2. The van der Waals surface area contributed by atoms with Crippen molar-refractivity contribution in [1.82, 2.24) is 9.88 Å². The second kappa shape index (κ2) is 9.61. The second-order valence-electron chi connectivity index (χ2n) is 6.48. The van der Waals surface area contributed by atoms with Crippen LogP contribution in [0.1, 0.15) is 15.9 Å². The number of nitrogens with zero attached hydrogens (tertiary/aromatic N) is 3. The smallest absolute Gasteiger partial charge is 0.260 e. The van der Waals surface area contributed by atoms with Gasteiger partial charge in [-0.15, -0.1) is 12.4 Å². The molecule has 150 valence electrons. The Hall–Kier alpha value is -1.08. The number of likely N-dealkylation sites (N-methyl/N-ethyl adjacent to an activating group) is 1. The summed E-state index contributed by atoms with van der Waals surface area (Å²) in [5.74, 6) is -0.191. The number of hydrogen-bond acceptors (Lipinski definition) is 4. The van der Waals surface area contributed by atoms with E-state index in [1.807, 2.05) is 38.1 Å². The fraction of sp³-hybridized carbons (Fsp3) is 0.263. The highest BCUT2D eigenvalue weighted by molar-refractivity contribution is 7.22. The molecule has 2 aromatic carbocycles. The number of thiazole rings is 1. The highest BCUT2D eigenvalue weighted by Gasteiger charge is 2.22. The van der Waals surface area contributed by atoms with Gasteiger partial charge in [-0.1, -0.05) is 46.1 Å². The summed E-state index contributed by atoms with van der Waals surface area (Å²) in [4.78, 5) is 21.6. The SMILES string of the molecule is Cc1cc(Cl)cc2sc(N(CCN(C)C)C(=O)c3cc(Cl)cc(Cl)c3)nc12.Cl. The van der Waals surface area contributed by atoms with Gasteiger partial charge >= 0.3 is 0 Å². The summed E-state index contributed by atoms with van der Waals surface area (Å²) in [7, 11) is 3.92. The first-order chi connectivity index (χ1) is 12.7. The van der Waals surface area contributed by atoms with Crippen molar-refractivity contribution in [3.8, 4) is 0 Å². The minimum Gasteiger partial charge on any atom is -0.308 e. The topological polar surface area (TPSA) is 36.4 Å². The van der Waals surface area contributed by atoms with E-state index in [1.165, 1.54) is 11.3 Å². The van der Waals surface area contributed by atoms with Crippen LogP contribution in [0.3, 0.4) is 0 Å². The number of amides is 1. The normalized spacial score (nSPS) is 11.0. The number of anilines is 1. The van der Waals surface area contributed by atoms with E-state index >= 15 is 0 Å². The van der Waals surface area contributed by atoms with Crippen molar-refractivity contribution in [2.24, 2.45) is 0 Å². The van der Waals surface area contributed by atoms with Gasteiger partial charge in [-0.25, -0.2) is 4.98 Å². The van der Waals surface area contributed by atoms with Crippen molar-refractivity contribution in [2.75, 3.05) is 32.1 Å². The van der Waals surface area contributed by atoms with E-state index in [9.17, 15) is 4.79 Å². The van der Waals surface area contributed by atoms with Gasteiger partial charge in [0.1, 0.15) is 0 Å². The second-order valence-corrected chi connectivity index (χ2v) is 8.80. The minimum absolute atomic E-state index is 0. The molecule has 28 heavy (non-hydrogen) atoms. The van der Waals surface area contributed by atoms with Gasteiger partial charge in [0, 0.05) is 33.7 Å². The first-order valence-electron chi connectivity index (χ1n) is 8.24. The molecule has 0 atom stereocenters. The molecular weight excluding hydrogens is 460 g/mol. The summed E-state index contributed by atoms with van der Waals surface area (Å²) in [6.07, 6.45) is 0. The lowest BCUT2D eigenvalue weighted by Gasteiger charge is -2.22. The van der Waals surface area contributed by atoms with Gasteiger partial charge in [0.05, 0.1) is 10.2 Å². The summed E-state index contributed by atoms with van der Waals surface area (Å²) >= 11 is 19.8. The van der Waals surface area contributed by atoms with Crippen LogP contribution in [-0.2, 0) is 0 Å². The Morgan fingerprint density at radius 2 is 1.61 bits per heavy atom. The molecule has 3 aromatic rings. The number of carbonyl (C=O) groups is 1. The Morgan fingerprint density at radius 3 is 2.21 bits per heavy atom. The number of aromatic nitrogens is 1. The molecule has 0 N–H and O–H groups in total. The monoisotopic (exact) mass is 477 g/mol. The number of rotatable bonds is 5. The van der Waals surface area contributed by atoms with Gasteiger partial charge in [0.15, 0.2) is 5.13 Å². The Balaban J connectivity index is 0.00000280. The predicted molar refractivity (Wildman–Crippen MR) is 123 cm³/mol. The summed E-state index contributed by atoms with van der Waals surface area (Å²) < 4.78 is 0.946. The fourth-order valence-corrected chi connectivity index (χ4v) is 4.65. The molecule has 0 unspecified atom stereocenters. The largest absolute Gasteiger partial charge is 0.308 e. The molecule has 0 spiro atoms. The van der Waals surface area contributed by atoms with Gasteiger partial charge in [-0.05, 0) is 56.9 Å². The molecule has 0 aliphatic heterocycles. The van der Waals surface area contributed by atoms with Crippen molar-refractivity contribution in [3.05, 3.63) is 56.5 Å². The van der Waals surface area contributed by atoms with Gasteiger partial charge in [-0.2, -0.15) is 0 Å². The lowest BCUT2D eigenvalue weighted by molar-refractivity contribution is 0.0985. The highest BCUT2D eigenvalue weighted by Crippen LogP contribution is 2.34. The van der Waals surface area contributed by atoms with Gasteiger partial charge in [-0.3, -0.25) is 9.69 Å². The van der Waals surface area contributed by atoms with Crippen LogP contribution in [0.25, 0.3) is 10.2 Å². The Bertz CT molecular complexity index is 986. The van der Waals surface area contributed by atoms with E-state index in [1.54, 1.807) is 23.1 Å². The highest BCUT2D eigenvalue weighted by atomic mass is 35.5. The lowest BCUT2D eigenvalue weighted by atomic mass is 10.2. The summed E-state index contributed by atoms with van der Waals surface area (Å²) in [6, 6.07) is 8.58. The minimum atomic E-state index is -0.191. The van der Waals surface area contributed by atoms with Crippen LogP contribution in [0.2, 0.25) is 15.1 Å². The van der Waals surface area contributed by atoms with Crippen LogP contribution >= 0.6 is 58.5 Å². The van der Waals surface area contributed by atoms with Crippen molar-refractivity contribution < 1.29 is 4.79 Å². The van der Waals surface area contributed by atoms with Gasteiger partial charge < -0.3 is 4.90 Å². The van der Waals surface area contributed by atoms with Crippen molar-refractivity contribution in [3.63, 3.8) is 0 Å². The maximum absolute atomic E-state index is 13.2. The van der Waals surface area contributed by atoms with Gasteiger partial charge in [0.25, 0.3) is 5.91 Å². The third-order valence-electron chi connectivity index (χ3n) is 4.00. The summed E-state index contributed by atoms with van der Waals surface area (Å²) in [6.45, 7) is 3.14. The molecule has 4 nitrogen and oxygen atoms in total. The third-order valence-corrected chi connectivity index (χ3v) is 5.68. The zero-order valence-electron chi connectivity index (χ0n) is 15.5. The number of fused-ring (bicyclic) bond motifs is 1. The zero-order valence-corrected chi connectivity index (χ0v) is 19.4. The first-order valence-corrected chi connectivity index (χ1v) is 10.2. The quantitative estimate of drug-likeness (QED) is 0.438. The van der Waals surface area contributed by atoms with Crippen molar-refractivity contribution >= 4 is 79.8 Å². The fourth-order valence-electron chi connectivity index (χ4n) is 2.68. The van der Waals surface area contributed by atoms with E-state index in [0.29, 0.717) is 38.9 Å². The molecule has 0 aliphatic rings. The molecule has 1 heterocycles. The van der Waals surface area contributed by atoms with E-state index < -0.39 is 0 Å². The zero-order chi connectivity index (χ0) is 19.7. The summed E-state index contributed by atoms with van der Waals surface area (Å²) in [5.41, 5.74) is 2.26. The van der Waals surface area contributed by atoms with Crippen LogP contribution in [0.4, 0.5) is 5.13 Å². The molecule has 9 heteroatoms. The van der Waals surface area contributed by atoms with E-state index in [2.05, 4.69) is 0 Å². The van der Waals surface area contributed by atoms with E-state index in [4.69, 9.17) is 39.8 Å². The van der Waals surface area contributed by atoms with E-state index in [-0.39, 0.29) is 18.3 Å². The molecular formula is C19H19Cl4N3OS. The maximum atomic E-state index is 13.2. The van der Waals surface area contributed by atoms with Crippen molar-refractivity contribution in [2.45, 2.75) is 6.92 Å². The molecule has 0 fully saturated rings. The number of halogens is 4. The van der Waals surface area contributed by atoms with Crippen LogP contribution in [0.15, 0.2) is 30.3 Å². The number of carbonyl (C=O) groups excluding carboxylic acids is 1. The molecule has 0 saturated heterocycles. The van der Waals surface area contributed by atoms with Crippen LogP contribution in [-0.4, -0.2) is 43.0 Å². The molecule has 0 bridgehead atoms. The first kappa shape index (κ1) is 23.2. The van der Waals surface area contributed by atoms with Gasteiger partial charge in [0.2, 0.25) is 0 Å². The molecule has 1 aromatic heterocycles. The lowest BCUT2D eigenvalue weighted by Crippen LogP contribution is -2.36. The number of aryl methyl sites for hydroxylation is 1. The molecule has 0 aliphatic carbocycles. The Kier molecular flexibility index (Phi) is 7.97. The Labute approximate surface area is 189 Å². The average Bonchev–Trinajstić information content (AvgIpc) is 2.97. The van der Waals surface area contributed by atoms with E-state index in [0.717, 1.165) is 15.8 Å².